The molecule has 0 saturated carbocycles. The quantitative estimate of drug-likeness (QED) is 0.273. The predicted molar refractivity (Wildman–Crippen MR) is 130 cm³/mol. The van der Waals surface area contributed by atoms with Crippen molar-refractivity contribution in [3.8, 4) is 5.75 Å². The average molecular weight is 475 g/mol. The van der Waals surface area contributed by atoms with Crippen molar-refractivity contribution >= 4 is 35.1 Å². The lowest BCUT2D eigenvalue weighted by molar-refractivity contribution is -0.138. The number of nitrogens with one attached hydrogen (secondary N) is 1. The fraction of sp³-hybridized carbons (Fsp3) is 0.148. The van der Waals surface area contributed by atoms with E-state index in [0.717, 1.165) is 23.3 Å². The van der Waals surface area contributed by atoms with E-state index in [1.165, 1.54) is 5.56 Å². The van der Waals surface area contributed by atoms with Gasteiger partial charge in [0.2, 0.25) is 0 Å². The van der Waals surface area contributed by atoms with Crippen LogP contribution >= 0.6 is 11.6 Å². The maximum absolute atomic E-state index is 12.8. The molecule has 0 bridgehead atoms. The number of carbonyl (C=O) groups is 3. The second kappa shape index (κ2) is 10.4. The summed E-state index contributed by atoms with van der Waals surface area (Å²) in [6.07, 6.45) is 2.02. The Kier molecular flexibility index (Phi) is 7.09. The molecule has 4 rings (SSSR count). The number of hydrogen-bond acceptors (Lipinski definition) is 5. The zero-order valence-electron chi connectivity index (χ0n) is 18.6. The Balaban J connectivity index is 1.40. The van der Waals surface area contributed by atoms with Crippen molar-refractivity contribution in [1.82, 2.24) is 4.90 Å². The SMILES string of the molecule is CCCc1ccc(OC(=O)c2ccc(NC3=C(Cl)C(=O)N(Cc4ccccc4)C3=O)cc2)cc1. The number of hydrogen-bond donors (Lipinski definition) is 1. The summed E-state index contributed by atoms with van der Waals surface area (Å²) < 4.78 is 5.43. The van der Waals surface area contributed by atoms with Gasteiger partial charge in [-0.2, -0.15) is 0 Å². The van der Waals surface area contributed by atoms with Crippen LogP contribution in [0.25, 0.3) is 0 Å². The van der Waals surface area contributed by atoms with E-state index < -0.39 is 17.8 Å². The summed E-state index contributed by atoms with van der Waals surface area (Å²) in [7, 11) is 0. The highest BCUT2D eigenvalue weighted by Gasteiger charge is 2.37. The van der Waals surface area contributed by atoms with Crippen LogP contribution in [0.15, 0.2) is 89.6 Å². The molecule has 0 spiro atoms. The fourth-order valence-corrected chi connectivity index (χ4v) is 3.81. The van der Waals surface area contributed by atoms with Crippen LogP contribution in [0.5, 0.6) is 5.75 Å². The number of aryl methyl sites for hydroxylation is 1. The first-order valence-electron chi connectivity index (χ1n) is 10.9. The molecule has 1 heterocycles. The second-order valence-electron chi connectivity index (χ2n) is 7.86. The molecule has 1 aliphatic rings. The van der Waals surface area contributed by atoms with Gasteiger partial charge in [0.25, 0.3) is 11.8 Å². The smallest absolute Gasteiger partial charge is 0.343 e. The molecule has 172 valence electrons. The zero-order valence-corrected chi connectivity index (χ0v) is 19.3. The number of nitrogens with zero attached hydrogens (tertiary/aromatic N) is 1. The van der Waals surface area contributed by atoms with Gasteiger partial charge in [-0.1, -0.05) is 67.4 Å². The second-order valence-corrected chi connectivity index (χ2v) is 8.23. The van der Waals surface area contributed by atoms with Gasteiger partial charge in [-0.15, -0.1) is 0 Å². The molecule has 3 aromatic rings. The molecule has 0 radical (unpaired) electrons. The molecule has 0 aliphatic carbocycles. The molecule has 6 nitrogen and oxygen atoms in total. The largest absolute Gasteiger partial charge is 0.423 e. The van der Waals surface area contributed by atoms with Crippen LogP contribution in [0.3, 0.4) is 0 Å². The van der Waals surface area contributed by atoms with E-state index in [0.29, 0.717) is 17.0 Å². The number of carbonyl (C=O) groups excluding carboxylic acids is 3. The Bertz CT molecular complexity index is 1240. The number of benzene rings is 3. The maximum atomic E-state index is 12.8. The van der Waals surface area contributed by atoms with E-state index in [-0.39, 0.29) is 17.3 Å². The Morgan fingerprint density at radius 3 is 2.21 bits per heavy atom. The van der Waals surface area contributed by atoms with Crippen molar-refractivity contribution in [3.63, 3.8) is 0 Å². The van der Waals surface area contributed by atoms with E-state index in [4.69, 9.17) is 16.3 Å². The molecule has 0 saturated heterocycles. The van der Waals surface area contributed by atoms with E-state index in [2.05, 4.69) is 12.2 Å². The lowest BCUT2D eigenvalue weighted by Crippen LogP contribution is -2.31. The number of esters is 1. The van der Waals surface area contributed by atoms with Crippen LogP contribution in [0.2, 0.25) is 0 Å². The maximum Gasteiger partial charge on any atom is 0.343 e. The van der Waals surface area contributed by atoms with Crippen LogP contribution in [-0.2, 0) is 22.6 Å². The third-order valence-electron chi connectivity index (χ3n) is 5.36. The number of anilines is 1. The van der Waals surface area contributed by atoms with Crippen LogP contribution in [-0.4, -0.2) is 22.7 Å². The van der Waals surface area contributed by atoms with Gasteiger partial charge in [0.05, 0.1) is 12.1 Å². The Morgan fingerprint density at radius 2 is 1.56 bits per heavy atom. The first-order chi connectivity index (χ1) is 16.5. The summed E-state index contributed by atoms with van der Waals surface area (Å²) in [6, 6.07) is 23.0. The van der Waals surface area contributed by atoms with E-state index in [1.54, 1.807) is 36.4 Å². The van der Waals surface area contributed by atoms with E-state index >= 15 is 0 Å². The summed E-state index contributed by atoms with van der Waals surface area (Å²) >= 11 is 6.17. The summed E-state index contributed by atoms with van der Waals surface area (Å²) in [5.74, 6) is -1.08. The lowest BCUT2D eigenvalue weighted by Gasteiger charge is -2.15. The number of imide groups is 1. The van der Waals surface area contributed by atoms with Crippen molar-refractivity contribution in [2.45, 2.75) is 26.3 Å². The third kappa shape index (κ3) is 5.18. The third-order valence-corrected chi connectivity index (χ3v) is 5.71. The molecule has 3 aromatic carbocycles. The molecule has 1 aliphatic heterocycles. The highest BCUT2D eigenvalue weighted by atomic mass is 35.5. The van der Waals surface area contributed by atoms with E-state index in [1.807, 2.05) is 42.5 Å². The summed E-state index contributed by atoms with van der Waals surface area (Å²) in [5.41, 5.74) is 2.87. The molecule has 0 atom stereocenters. The first kappa shape index (κ1) is 23.3. The van der Waals surface area contributed by atoms with Crippen molar-refractivity contribution in [3.05, 3.63) is 106 Å². The van der Waals surface area contributed by atoms with Crippen molar-refractivity contribution < 1.29 is 19.1 Å². The molecule has 34 heavy (non-hydrogen) atoms. The summed E-state index contributed by atoms with van der Waals surface area (Å²) in [5, 5.41) is 2.73. The zero-order chi connectivity index (χ0) is 24.1. The Hall–Kier alpha value is -3.90. The van der Waals surface area contributed by atoms with Crippen molar-refractivity contribution in [1.29, 1.82) is 0 Å². The molecule has 0 aromatic heterocycles. The number of ether oxygens (including phenoxy) is 1. The number of amides is 2. The molecule has 0 fully saturated rings. The first-order valence-corrected chi connectivity index (χ1v) is 11.3. The summed E-state index contributed by atoms with van der Waals surface area (Å²) in [4.78, 5) is 38.9. The van der Waals surface area contributed by atoms with Crippen molar-refractivity contribution in [2.24, 2.45) is 0 Å². The molecule has 1 N–H and O–H groups in total. The van der Waals surface area contributed by atoms with Gasteiger partial charge in [0, 0.05) is 5.69 Å². The minimum Gasteiger partial charge on any atom is -0.423 e. The highest BCUT2D eigenvalue weighted by molar-refractivity contribution is 6.48. The van der Waals surface area contributed by atoms with E-state index in [9.17, 15) is 14.4 Å². The lowest BCUT2D eigenvalue weighted by atomic mass is 10.1. The van der Waals surface area contributed by atoms with Crippen LogP contribution in [0, 0.1) is 0 Å². The molecular formula is C27H23ClN2O4. The van der Waals surface area contributed by atoms with Crippen LogP contribution in [0.4, 0.5) is 5.69 Å². The number of rotatable bonds is 8. The average Bonchev–Trinajstić information content (AvgIpc) is 3.05. The minimum absolute atomic E-state index is 0.00472. The molecule has 7 heteroatoms. The normalized spacial score (nSPS) is 13.4. The molecular weight excluding hydrogens is 452 g/mol. The predicted octanol–water partition coefficient (Wildman–Crippen LogP) is 5.29. The van der Waals surface area contributed by atoms with Gasteiger partial charge in [0.15, 0.2) is 0 Å². The van der Waals surface area contributed by atoms with Crippen LogP contribution < -0.4 is 10.1 Å². The Labute approximate surface area is 202 Å². The number of halogens is 1. The fourth-order valence-electron chi connectivity index (χ4n) is 3.58. The van der Waals surface area contributed by atoms with Gasteiger partial charge >= 0.3 is 5.97 Å². The standard InChI is InChI=1S/C27H23ClN2O4/c1-2-6-18-9-15-22(16-10-18)34-27(33)20-11-13-21(14-12-20)29-24-23(28)25(31)30(26(24)32)17-19-7-4-3-5-8-19/h3-5,7-16,29H,2,6,17H2,1H3. The van der Waals surface area contributed by atoms with Gasteiger partial charge in [0.1, 0.15) is 16.5 Å². The van der Waals surface area contributed by atoms with Crippen LogP contribution in [0.1, 0.15) is 34.8 Å². The van der Waals surface area contributed by atoms with Gasteiger partial charge in [-0.05, 0) is 53.9 Å². The molecule has 2 amide bonds. The van der Waals surface area contributed by atoms with Crippen molar-refractivity contribution in [2.75, 3.05) is 5.32 Å². The monoisotopic (exact) mass is 474 g/mol. The van der Waals surface area contributed by atoms with Gasteiger partial charge in [-0.25, -0.2) is 4.79 Å². The molecule has 0 unspecified atom stereocenters. The summed E-state index contributed by atoms with van der Waals surface area (Å²) in [6.45, 7) is 2.24. The topological polar surface area (TPSA) is 75.7 Å². The van der Waals surface area contributed by atoms with Gasteiger partial charge < -0.3 is 10.1 Å². The van der Waals surface area contributed by atoms with Gasteiger partial charge in [-0.3, -0.25) is 14.5 Å². The highest BCUT2D eigenvalue weighted by Crippen LogP contribution is 2.27. The Morgan fingerprint density at radius 1 is 0.882 bits per heavy atom. The minimum atomic E-state index is -0.553.